The fraction of sp³-hybridized carbons (Fsp3) is 0.368. The van der Waals surface area contributed by atoms with Gasteiger partial charge in [-0.3, -0.25) is 9.78 Å². The van der Waals surface area contributed by atoms with Crippen LogP contribution in [0.25, 0.3) is 0 Å². The normalized spacial score (nSPS) is 10.7. The Kier molecular flexibility index (Phi) is 5.74. The fourth-order valence-electron chi connectivity index (χ4n) is 2.18. The second-order valence-electron chi connectivity index (χ2n) is 6.29. The lowest BCUT2D eigenvalue weighted by atomic mass is 10.1. The first-order chi connectivity index (χ1) is 11.0. The van der Waals surface area contributed by atoms with E-state index in [4.69, 9.17) is 0 Å². The van der Waals surface area contributed by atoms with E-state index >= 15 is 0 Å². The van der Waals surface area contributed by atoms with Crippen molar-refractivity contribution in [2.45, 2.75) is 34.1 Å². The number of nitrogens with zero attached hydrogens (tertiary/aromatic N) is 1. The highest BCUT2D eigenvalue weighted by Crippen LogP contribution is 2.16. The molecule has 0 aliphatic carbocycles. The van der Waals surface area contributed by atoms with Gasteiger partial charge in [0.1, 0.15) is 5.69 Å². The van der Waals surface area contributed by atoms with Crippen LogP contribution in [-0.2, 0) is 0 Å². The van der Waals surface area contributed by atoms with Gasteiger partial charge < -0.3 is 10.6 Å². The monoisotopic (exact) mass is 311 g/mol. The van der Waals surface area contributed by atoms with Crippen LogP contribution in [0.1, 0.15) is 41.9 Å². The summed E-state index contributed by atoms with van der Waals surface area (Å²) in [6, 6.07) is 9.55. The molecule has 23 heavy (non-hydrogen) atoms. The molecule has 0 bridgehead atoms. The first kappa shape index (κ1) is 17.0. The Balaban J connectivity index is 2.02. The summed E-state index contributed by atoms with van der Waals surface area (Å²) in [5, 5.41) is 6.23. The van der Waals surface area contributed by atoms with Crippen molar-refractivity contribution in [1.82, 2.24) is 4.98 Å². The predicted octanol–water partition coefficient (Wildman–Crippen LogP) is 4.41. The Hall–Kier alpha value is -2.36. The van der Waals surface area contributed by atoms with Crippen LogP contribution in [0.15, 0.2) is 36.5 Å². The first-order valence-corrected chi connectivity index (χ1v) is 8.04. The Labute approximate surface area is 138 Å². The molecular formula is C19H25N3O. The zero-order valence-corrected chi connectivity index (χ0v) is 14.3. The van der Waals surface area contributed by atoms with Crippen LogP contribution in [0.3, 0.4) is 0 Å². The summed E-state index contributed by atoms with van der Waals surface area (Å²) in [6.07, 6.45) is 2.75. The van der Waals surface area contributed by atoms with Gasteiger partial charge in [-0.2, -0.15) is 0 Å². The number of aryl methyl sites for hydroxylation is 2. The van der Waals surface area contributed by atoms with E-state index in [-0.39, 0.29) is 5.91 Å². The van der Waals surface area contributed by atoms with Crippen LogP contribution >= 0.6 is 0 Å². The molecule has 122 valence electrons. The minimum absolute atomic E-state index is 0.194. The van der Waals surface area contributed by atoms with E-state index in [1.807, 2.05) is 31.2 Å². The minimum Gasteiger partial charge on any atom is -0.385 e. The number of amides is 1. The summed E-state index contributed by atoms with van der Waals surface area (Å²) in [6.45, 7) is 9.35. The average molecular weight is 311 g/mol. The maximum atomic E-state index is 12.3. The second kappa shape index (κ2) is 7.77. The molecule has 2 N–H and O–H groups in total. The summed E-state index contributed by atoms with van der Waals surface area (Å²) >= 11 is 0. The van der Waals surface area contributed by atoms with Crippen LogP contribution in [0, 0.1) is 19.8 Å². The molecule has 0 unspecified atom stereocenters. The molecule has 0 radical (unpaired) electrons. The third-order valence-corrected chi connectivity index (χ3v) is 3.81. The van der Waals surface area contributed by atoms with E-state index in [9.17, 15) is 4.79 Å². The highest BCUT2D eigenvalue weighted by molar-refractivity contribution is 6.03. The lowest BCUT2D eigenvalue weighted by Crippen LogP contribution is -2.14. The van der Waals surface area contributed by atoms with E-state index in [2.05, 4.69) is 36.4 Å². The lowest BCUT2D eigenvalue weighted by Gasteiger charge is -2.10. The number of pyridine rings is 1. The molecule has 2 rings (SSSR count). The van der Waals surface area contributed by atoms with E-state index in [1.54, 1.807) is 12.3 Å². The summed E-state index contributed by atoms with van der Waals surface area (Å²) in [7, 11) is 0. The third-order valence-electron chi connectivity index (χ3n) is 3.81. The number of nitrogens with one attached hydrogen (secondary N) is 2. The topological polar surface area (TPSA) is 54.0 Å². The van der Waals surface area contributed by atoms with Gasteiger partial charge in [0.15, 0.2) is 0 Å². The van der Waals surface area contributed by atoms with Crippen LogP contribution in [0.4, 0.5) is 11.4 Å². The molecule has 0 aliphatic rings. The summed E-state index contributed by atoms with van der Waals surface area (Å²) in [5.41, 5.74) is 4.49. The highest BCUT2D eigenvalue weighted by atomic mass is 16.1. The summed E-state index contributed by atoms with van der Waals surface area (Å²) in [4.78, 5) is 16.5. The molecule has 4 heteroatoms. The van der Waals surface area contributed by atoms with Crippen LogP contribution in [0.2, 0.25) is 0 Å². The molecule has 2 aromatic rings. The molecule has 0 aliphatic heterocycles. The summed E-state index contributed by atoms with van der Waals surface area (Å²) in [5.74, 6) is 0.456. The number of aromatic nitrogens is 1. The van der Waals surface area contributed by atoms with Crippen molar-refractivity contribution >= 4 is 17.3 Å². The standard InChI is InChI=1S/C19H25N3O/c1-13(2)7-9-20-16-8-10-21-18(12-16)19(23)22-17-6-5-14(3)15(4)11-17/h5-6,8,10-13H,7,9H2,1-4H3,(H,20,21)(H,22,23). The molecular weight excluding hydrogens is 286 g/mol. The smallest absolute Gasteiger partial charge is 0.274 e. The Morgan fingerprint density at radius 3 is 2.57 bits per heavy atom. The van der Waals surface area contributed by atoms with Crippen LogP contribution in [-0.4, -0.2) is 17.4 Å². The van der Waals surface area contributed by atoms with Crippen molar-refractivity contribution in [3.8, 4) is 0 Å². The number of anilines is 2. The number of hydrogen-bond acceptors (Lipinski definition) is 3. The first-order valence-electron chi connectivity index (χ1n) is 8.04. The maximum absolute atomic E-state index is 12.3. The van der Waals surface area contributed by atoms with E-state index in [1.165, 1.54) is 5.56 Å². The third kappa shape index (κ3) is 5.09. The van der Waals surface area contributed by atoms with E-state index < -0.39 is 0 Å². The largest absolute Gasteiger partial charge is 0.385 e. The van der Waals surface area contributed by atoms with Crippen LogP contribution in [0.5, 0.6) is 0 Å². The van der Waals surface area contributed by atoms with Crippen LogP contribution < -0.4 is 10.6 Å². The quantitative estimate of drug-likeness (QED) is 0.831. The molecule has 0 saturated heterocycles. The van der Waals surface area contributed by atoms with Gasteiger partial charge in [-0.05, 0) is 61.6 Å². The molecule has 1 aromatic heterocycles. The van der Waals surface area contributed by atoms with Crippen molar-refractivity contribution in [3.63, 3.8) is 0 Å². The molecule has 0 fully saturated rings. The van der Waals surface area contributed by atoms with Crippen molar-refractivity contribution in [3.05, 3.63) is 53.3 Å². The van der Waals surface area contributed by atoms with Gasteiger partial charge in [0, 0.05) is 24.1 Å². The number of benzene rings is 1. The zero-order valence-electron chi connectivity index (χ0n) is 14.3. The van der Waals surface area contributed by atoms with Gasteiger partial charge >= 0.3 is 0 Å². The van der Waals surface area contributed by atoms with Gasteiger partial charge in [0.25, 0.3) is 5.91 Å². The van der Waals surface area contributed by atoms with Gasteiger partial charge in [0.05, 0.1) is 0 Å². The Morgan fingerprint density at radius 1 is 1.09 bits per heavy atom. The maximum Gasteiger partial charge on any atom is 0.274 e. The van der Waals surface area contributed by atoms with E-state index in [0.29, 0.717) is 11.6 Å². The Morgan fingerprint density at radius 2 is 1.87 bits per heavy atom. The molecule has 0 atom stereocenters. The van der Waals surface area contributed by atoms with Crippen molar-refractivity contribution in [1.29, 1.82) is 0 Å². The minimum atomic E-state index is -0.194. The Bertz CT molecular complexity index is 680. The van der Waals surface area contributed by atoms with Gasteiger partial charge in [-0.25, -0.2) is 0 Å². The average Bonchev–Trinajstić information content (AvgIpc) is 2.51. The SMILES string of the molecule is Cc1ccc(NC(=O)c2cc(NCCC(C)C)ccn2)cc1C. The van der Waals surface area contributed by atoms with Gasteiger partial charge in [0.2, 0.25) is 0 Å². The number of carbonyl (C=O) groups excluding carboxylic acids is 1. The molecule has 1 amide bonds. The number of rotatable bonds is 6. The van der Waals surface area contributed by atoms with Crippen molar-refractivity contribution in [2.75, 3.05) is 17.2 Å². The lowest BCUT2D eigenvalue weighted by molar-refractivity contribution is 0.102. The van der Waals surface area contributed by atoms with Gasteiger partial charge in [-0.15, -0.1) is 0 Å². The molecule has 4 nitrogen and oxygen atoms in total. The highest BCUT2D eigenvalue weighted by Gasteiger charge is 2.09. The molecule has 1 aromatic carbocycles. The van der Waals surface area contributed by atoms with Crippen molar-refractivity contribution in [2.24, 2.45) is 5.92 Å². The molecule has 0 spiro atoms. The number of hydrogen-bond donors (Lipinski definition) is 2. The summed E-state index contributed by atoms with van der Waals surface area (Å²) < 4.78 is 0. The number of carbonyl (C=O) groups is 1. The van der Waals surface area contributed by atoms with Crippen molar-refractivity contribution < 1.29 is 4.79 Å². The molecule has 1 heterocycles. The zero-order chi connectivity index (χ0) is 16.8. The predicted molar refractivity (Wildman–Crippen MR) is 96.1 cm³/mol. The fourth-order valence-corrected chi connectivity index (χ4v) is 2.18. The van der Waals surface area contributed by atoms with Gasteiger partial charge in [-0.1, -0.05) is 19.9 Å². The molecule has 0 saturated carbocycles. The van der Waals surface area contributed by atoms with E-state index in [0.717, 1.165) is 29.9 Å². The second-order valence-corrected chi connectivity index (χ2v) is 6.29.